The van der Waals surface area contributed by atoms with Crippen molar-refractivity contribution >= 4 is 20.9 Å². The predicted molar refractivity (Wildman–Crippen MR) is 115 cm³/mol. The van der Waals surface area contributed by atoms with Crippen LogP contribution in [0.5, 0.6) is 5.75 Å². The molecule has 0 N–H and O–H groups in total. The Morgan fingerprint density at radius 2 is 1.47 bits per heavy atom. The van der Waals surface area contributed by atoms with Gasteiger partial charge in [0.05, 0.1) is 12.0 Å². The Morgan fingerprint density at radius 1 is 0.833 bits per heavy atom. The van der Waals surface area contributed by atoms with Crippen molar-refractivity contribution in [3.63, 3.8) is 0 Å². The lowest BCUT2D eigenvalue weighted by molar-refractivity contribution is -0.154. The second-order valence-electron chi connectivity index (χ2n) is 6.99. The first-order chi connectivity index (χ1) is 14.4. The van der Waals surface area contributed by atoms with Gasteiger partial charge in [0.15, 0.2) is 6.29 Å². The van der Waals surface area contributed by atoms with E-state index in [0.717, 1.165) is 27.6 Å². The van der Waals surface area contributed by atoms with Gasteiger partial charge in [0.1, 0.15) is 11.9 Å². The van der Waals surface area contributed by atoms with E-state index in [4.69, 9.17) is 18.4 Å². The first kappa shape index (κ1) is 22.2. The Kier molecular flexibility index (Phi) is 7.10. The Hall–Kier alpha value is -2.45. The molecule has 0 unspecified atom stereocenters. The highest BCUT2D eigenvalue weighted by molar-refractivity contribution is 7.86. The number of methoxy groups -OCH3 is 3. The van der Waals surface area contributed by atoms with Crippen LogP contribution in [0.1, 0.15) is 11.1 Å². The van der Waals surface area contributed by atoms with Gasteiger partial charge in [0.25, 0.3) is 10.1 Å². The van der Waals surface area contributed by atoms with E-state index in [1.54, 1.807) is 19.2 Å². The van der Waals surface area contributed by atoms with Gasteiger partial charge in [-0.05, 0) is 47.5 Å². The Morgan fingerprint density at radius 3 is 2.10 bits per heavy atom. The fourth-order valence-electron chi connectivity index (χ4n) is 3.26. The number of aryl methyl sites for hydroxylation is 1. The molecule has 0 spiro atoms. The van der Waals surface area contributed by atoms with E-state index in [1.165, 1.54) is 26.4 Å². The molecule has 0 saturated heterocycles. The maximum Gasteiger partial charge on any atom is 0.297 e. The van der Waals surface area contributed by atoms with Gasteiger partial charge in [-0.1, -0.05) is 42.0 Å². The summed E-state index contributed by atoms with van der Waals surface area (Å²) in [6.07, 6.45) is -1.42. The zero-order chi connectivity index (χ0) is 21.7. The summed E-state index contributed by atoms with van der Waals surface area (Å²) in [5.41, 5.74) is 1.86. The van der Waals surface area contributed by atoms with Gasteiger partial charge in [-0.25, -0.2) is 0 Å². The normalized spacial score (nSPS) is 13.0. The third-order valence-electron chi connectivity index (χ3n) is 4.88. The van der Waals surface area contributed by atoms with Crippen LogP contribution in [0.25, 0.3) is 10.8 Å². The van der Waals surface area contributed by atoms with Gasteiger partial charge in [0, 0.05) is 20.6 Å². The molecule has 160 valence electrons. The lowest BCUT2D eigenvalue weighted by Gasteiger charge is -2.24. The molecule has 0 heterocycles. The van der Waals surface area contributed by atoms with Crippen molar-refractivity contribution in [3.05, 3.63) is 71.8 Å². The number of rotatable bonds is 9. The first-order valence-corrected chi connectivity index (χ1v) is 10.9. The molecule has 3 aromatic carbocycles. The molecule has 3 aromatic rings. The molecule has 7 heteroatoms. The molecule has 0 fully saturated rings. The van der Waals surface area contributed by atoms with E-state index >= 15 is 0 Å². The van der Waals surface area contributed by atoms with Crippen molar-refractivity contribution in [1.82, 2.24) is 0 Å². The lowest BCUT2D eigenvalue weighted by atomic mass is 10.0. The minimum Gasteiger partial charge on any atom is -0.497 e. The molecule has 30 heavy (non-hydrogen) atoms. The molecule has 0 radical (unpaired) electrons. The maximum absolute atomic E-state index is 12.8. The quantitative estimate of drug-likeness (QED) is 0.376. The van der Waals surface area contributed by atoms with Crippen LogP contribution < -0.4 is 4.74 Å². The average molecular weight is 431 g/mol. The van der Waals surface area contributed by atoms with Gasteiger partial charge in [-0.3, -0.25) is 4.18 Å². The molecular formula is C23H26O6S. The standard InChI is InChI=1S/C23H26O6S/c1-16-5-11-21(12-6-16)30(24,25)29-22(23(27-3)28-4)14-17-7-8-19-15-20(26-2)10-9-18(19)13-17/h5-13,15,22-23H,14H2,1-4H3/t22-/m0/s1. The fourth-order valence-corrected chi connectivity index (χ4v) is 4.32. The van der Waals surface area contributed by atoms with Gasteiger partial charge in [-0.2, -0.15) is 8.42 Å². The van der Waals surface area contributed by atoms with Crippen LogP contribution in [0.3, 0.4) is 0 Å². The van der Waals surface area contributed by atoms with Crippen LogP contribution in [-0.4, -0.2) is 42.1 Å². The Labute approximate surface area is 177 Å². The van der Waals surface area contributed by atoms with E-state index in [0.29, 0.717) is 6.42 Å². The largest absolute Gasteiger partial charge is 0.497 e. The van der Waals surface area contributed by atoms with E-state index in [2.05, 4.69) is 0 Å². The van der Waals surface area contributed by atoms with Gasteiger partial charge in [-0.15, -0.1) is 0 Å². The molecule has 1 atom stereocenters. The van der Waals surface area contributed by atoms with E-state index < -0.39 is 22.5 Å². The molecular weight excluding hydrogens is 404 g/mol. The molecule has 0 bridgehead atoms. The van der Waals surface area contributed by atoms with E-state index in [9.17, 15) is 8.42 Å². The average Bonchev–Trinajstić information content (AvgIpc) is 2.74. The van der Waals surface area contributed by atoms with Gasteiger partial charge < -0.3 is 14.2 Å². The Bertz CT molecular complexity index is 1090. The summed E-state index contributed by atoms with van der Waals surface area (Å²) in [5, 5.41) is 2.04. The molecule has 0 aliphatic carbocycles. The molecule has 0 aliphatic rings. The zero-order valence-electron chi connectivity index (χ0n) is 17.5. The summed E-state index contributed by atoms with van der Waals surface area (Å²) in [6.45, 7) is 1.89. The van der Waals surface area contributed by atoms with Crippen molar-refractivity contribution < 1.29 is 26.8 Å². The second-order valence-corrected chi connectivity index (χ2v) is 8.57. The summed E-state index contributed by atoms with van der Waals surface area (Å²) < 4.78 is 47.1. The van der Waals surface area contributed by atoms with Crippen LogP contribution in [0, 0.1) is 6.92 Å². The highest BCUT2D eigenvalue weighted by Crippen LogP contribution is 2.25. The number of ether oxygens (including phenoxy) is 3. The highest BCUT2D eigenvalue weighted by Gasteiger charge is 2.29. The third-order valence-corrected chi connectivity index (χ3v) is 6.23. The van der Waals surface area contributed by atoms with Crippen molar-refractivity contribution in [2.24, 2.45) is 0 Å². The number of hydrogen-bond donors (Lipinski definition) is 0. The molecule has 3 rings (SSSR count). The lowest BCUT2D eigenvalue weighted by Crippen LogP contribution is -2.36. The predicted octanol–water partition coefficient (Wildman–Crippen LogP) is 4.09. The Balaban J connectivity index is 1.88. The maximum atomic E-state index is 12.8. The smallest absolute Gasteiger partial charge is 0.297 e. The molecule has 0 aromatic heterocycles. The number of fused-ring (bicyclic) bond motifs is 1. The third kappa shape index (κ3) is 5.17. The van der Waals surface area contributed by atoms with Crippen molar-refractivity contribution in [3.8, 4) is 5.75 Å². The van der Waals surface area contributed by atoms with Crippen molar-refractivity contribution in [2.45, 2.75) is 30.6 Å². The van der Waals surface area contributed by atoms with E-state index in [-0.39, 0.29) is 4.90 Å². The summed E-state index contributed by atoms with van der Waals surface area (Å²) >= 11 is 0. The SMILES string of the molecule is COc1ccc2cc(C[C@H](OS(=O)(=O)c3ccc(C)cc3)C(OC)OC)ccc2c1. The van der Waals surface area contributed by atoms with Crippen LogP contribution >= 0.6 is 0 Å². The molecule has 0 aliphatic heterocycles. The van der Waals surface area contributed by atoms with E-state index in [1.807, 2.05) is 43.3 Å². The molecule has 0 saturated carbocycles. The minimum atomic E-state index is -3.99. The van der Waals surface area contributed by atoms with Crippen LogP contribution in [0.4, 0.5) is 0 Å². The topological polar surface area (TPSA) is 71.1 Å². The summed E-state index contributed by atoms with van der Waals surface area (Å²) in [5.74, 6) is 0.777. The molecule has 0 amide bonds. The van der Waals surface area contributed by atoms with Crippen LogP contribution in [0.15, 0.2) is 65.6 Å². The second kappa shape index (κ2) is 9.57. The van der Waals surface area contributed by atoms with Crippen LogP contribution in [0.2, 0.25) is 0 Å². The highest BCUT2D eigenvalue weighted by atomic mass is 32.2. The zero-order valence-corrected chi connectivity index (χ0v) is 18.3. The first-order valence-electron chi connectivity index (χ1n) is 9.48. The van der Waals surface area contributed by atoms with Gasteiger partial charge in [0.2, 0.25) is 0 Å². The van der Waals surface area contributed by atoms with Gasteiger partial charge >= 0.3 is 0 Å². The summed E-state index contributed by atoms with van der Waals surface area (Å²) in [7, 11) is 0.545. The number of benzene rings is 3. The number of hydrogen-bond acceptors (Lipinski definition) is 6. The summed E-state index contributed by atoms with van der Waals surface area (Å²) in [6, 6.07) is 18.2. The minimum absolute atomic E-state index is 0.0923. The summed E-state index contributed by atoms with van der Waals surface area (Å²) in [4.78, 5) is 0.0923. The fraction of sp³-hybridized carbons (Fsp3) is 0.304. The monoisotopic (exact) mass is 430 g/mol. The van der Waals surface area contributed by atoms with Crippen molar-refractivity contribution in [1.29, 1.82) is 0 Å². The molecule has 6 nitrogen and oxygen atoms in total. The van der Waals surface area contributed by atoms with Crippen LogP contribution in [-0.2, 0) is 30.2 Å². The van der Waals surface area contributed by atoms with Crippen molar-refractivity contribution in [2.75, 3.05) is 21.3 Å².